The summed E-state index contributed by atoms with van der Waals surface area (Å²) in [6, 6.07) is 8.15. The summed E-state index contributed by atoms with van der Waals surface area (Å²) in [5, 5.41) is 1.13. The highest BCUT2D eigenvalue weighted by Gasteiger charge is 2.04. The van der Waals surface area contributed by atoms with Gasteiger partial charge in [0.05, 0.1) is 5.52 Å². The Hall–Kier alpha value is -1.96. The topological polar surface area (TPSA) is 25.8 Å². The molecule has 0 unspecified atom stereocenters. The molecule has 0 saturated heterocycles. The second-order valence-corrected chi connectivity index (χ2v) is 4.68. The highest BCUT2D eigenvalue weighted by Crippen LogP contribution is 2.18. The minimum atomic E-state index is 0.844. The molecule has 0 aliphatic rings. The number of nitrogens with zero attached hydrogens (tertiary/aromatic N) is 2. The number of allylic oxidation sites excluding steroid dienone is 4. The highest BCUT2D eigenvalue weighted by atomic mass is 14.9. The summed E-state index contributed by atoms with van der Waals surface area (Å²) in [4.78, 5) is 9.24. The molecule has 2 nitrogen and oxygen atoms in total. The van der Waals surface area contributed by atoms with Crippen LogP contribution in [0.1, 0.15) is 38.2 Å². The van der Waals surface area contributed by atoms with E-state index in [-0.39, 0.29) is 0 Å². The van der Waals surface area contributed by atoms with E-state index in [0.717, 1.165) is 40.8 Å². The summed E-state index contributed by atoms with van der Waals surface area (Å²) in [5.41, 5.74) is 3.21. The van der Waals surface area contributed by atoms with Crippen LogP contribution >= 0.6 is 0 Å². The molecule has 0 atom stereocenters. The van der Waals surface area contributed by atoms with Gasteiger partial charge in [-0.25, -0.2) is 9.97 Å². The van der Waals surface area contributed by atoms with Crippen molar-refractivity contribution in [1.29, 1.82) is 0 Å². The molecule has 0 aliphatic heterocycles. The maximum Gasteiger partial charge on any atom is 0.155 e. The Balaban J connectivity index is 2.29. The summed E-state index contributed by atoms with van der Waals surface area (Å²) < 4.78 is 0. The van der Waals surface area contributed by atoms with E-state index in [1.54, 1.807) is 0 Å². The lowest BCUT2D eigenvalue weighted by Gasteiger charge is -2.05. The number of hydrogen-bond acceptors (Lipinski definition) is 2. The molecule has 19 heavy (non-hydrogen) atoms. The minimum Gasteiger partial charge on any atom is -0.233 e. The van der Waals surface area contributed by atoms with Crippen LogP contribution < -0.4 is 0 Å². The van der Waals surface area contributed by atoms with Crippen LogP contribution in [0.2, 0.25) is 0 Å². The summed E-state index contributed by atoms with van der Waals surface area (Å²) in [7, 11) is 0. The molecule has 0 amide bonds. The van der Waals surface area contributed by atoms with Crippen LogP contribution in [-0.4, -0.2) is 9.97 Å². The Bertz CT molecular complexity index is 624. The van der Waals surface area contributed by atoms with Crippen molar-refractivity contribution in [3.05, 3.63) is 54.0 Å². The smallest absolute Gasteiger partial charge is 0.155 e. The van der Waals surface area contributed by atoms with Gasteiger partial charge in [0.25, 0.3) is 0 Å². The van der Waals surface area contributed by atoms with E-state index in [9.17, 15) is 0 Å². The fourth-order valence-electron chi connectivity index (χ4n) is 2.07. The van der Waals surface area contributed by atoms with Gasteiger partial charge in [-0.2, -0.15) is 0 Å². The third-order valence-corrected chi connectivity index (χ3v) is 3.17. The summed E-state index contributed by atoms with van der Waals surface area (Å²) in [6.07, 6.45) is 8.57. The van der Waals surface area contributed by atoms with E-state index < -0.39 is 0 Å². The van der Waals surface area contributed by atoms with Crippen LogP contribution in [0.3, 0.4) is 0 Å². The molecule has 2 rings (SSSR count). The molecule has 0 N–H and O–H groups in total. The molecule has 0 spiro atoms. The molecule has 0 radical (unpaired) electrons. The molecule has 2 heteroatoms. The first-order valence-electron chi connectivity index (χ1n) is 6.74. The van der Waals surface area contributed by atoms with Crippen LogP contribution in [-0.2, 0) is 0 Å². The van der Waals surface area contributed by atoms with Gasteiger partial charge in [0.2, 0.25) is 0 Å². The number of rotatable bonds is 4. The lowest BCUT2D eigenvalue weighted by atomic mass is 10.1. The number of aryl methyl sites for hydroxylation is 1. The van der Waals surface area contributed by atoms with Crippen molar-refractivity contribution < 1.29 is 0 Å². The van der Waals surface area contributed by atoms with Gasteiger partial charge < -0.3 is 0 Å². The summed E-state index contributed by atoms with van der Waals surface area (Å²) in [6.45, 7) is 6.17. The third-order valence-electron chi connectivity index (χ3n) is 3.17. The first-order valence-corrected chi connectivity index (χ1v) is 6.74. The van der Waals surface area contributed by atoms with E-state index in [1.165, 1.54) is 0 Å². The SMILES string of the molecule is C/C=C\CC/C=C(\C)c1nc(C)c2ccccc2n1. The van der Waals surface area contributed by atoms with Crippen molar-refractivity contribution in [3.63, 3.8) is 0 Å². The van der Waals surface area contributed by atoms with Crippen LogP contribution in [0.5, 0.6) is 0 Å². The predicted octanol–water partition coefficient (Wildman–Crippen LogP) is 4.70. The Morgan fingerprint density at radius 2 is 1.95 bits per heavy atom. The van der Waals surface area contributed by atoms with Crippen LogP contribution in [0.15, 0.2) is 42.5 Å². The van der Waals surface area contributed by atoms with E-state index in [1.807, 2.05) is 32.0 Å². The molecule has 0 aliphatic carbocycles. The molecule has 98 valence electrons. The first-order chi connectivity index (χ1) is 9.22. The zero-order valence-corrected chi connectivity index (χ0v) is 11.9. The van der Waals surface area contributed by atoms with Crippen molar-refractivity contribution in [2.75, 3.05) is 0 Å². The molecule has 0 saturated carbocycles. The van der Waals surface area contributed by atoms with E-state index >= 15 is 0 Å². The minimum absolute atomic E-state index is 0.844. The van der Waals surface area contributed by atoms with Crippen LogP contribution in [0, 0.1) is 6.92 Å². The zero-order chi connectivity index (χ0) is 13.7. The van der Waals surface area contributed by atoms with Gasteiger partial charge in [0, 0.05) is 11.1 Å². The van der Waals surface area contributed by atoms with Crippen molar-refractivity contribution in [2.45, 2.75) is 33.6 Å². The molecular formula is C17H20N2. The molecule has 1 aromatic carbocycles. The van der Waals surface area contributed by atoms with Gasteiger partial charge in [-0.1, -0.05) is 36.4 Å². The number of hydrogen-bond donors (Lipinski definition) is 0. The summed E-state index contributed by atoms with van der Waals surface area (Å²) in [5.74, 6) is 0.844. The van der Waals surface area contributed by atoms with Crippen LogP contribution in [0.4, 0.5) is 0 Å². The Morgan fingerprint density at radius 1 is 1.16 bits per heavy atom. The van der Waals surface area contributed by atoms with E-state index in [0.29, 0.717) is 0 Å². The number of benzene rings is 1. The molecule has 0 bridgehead atoms. The molecular weight excluding hydrogens is 232 g/mol. The van der Waals surface area contributed by atoms with Crippen molar-refractivity contribution >= 4 is 16.5 Å². The average Bonchev–Trinajstić information content (AvgIpc) is 2.43. The largest absolute Gasteiger partial charge is 0.233 e. The highest BCUT2D eigenvalue weighted by molar-refractivity contribution is 5.81. The molecule has 1 aromatic heterocycles. The third kappa shape index (κ3) is 3.28. The quantitative estimate of drug-likeness (QED) is 0.582. The van der Waals surface area contributed by atoms with Gasteiger partial charge >= 0.3 is 0 Å². The predicted molar refractivity (Wildman–Crippen MR) is 82.0 cm³/mol. The fourth-order valence-corrected chi connectivity index (χ4v) is 2.07. The monoisotopic (exact) mass is 252 g/mol. The fraction of sp³-hybridized carbons (Fsp3) is 0.294. The number of unbranched alkanes of at least 4 members (excludes halogenated alkanes) is 1. The number of aromatic nitrogens is 2. The number of para-hydroxylation sites is 1. The molecule has 1 heterocycles. The zero-order valence-electron chi connectivity index (χ0n) is 11.9. The van der Waals surface area contributed by atoms with Gasteiger partial charge in [-0.3, -0.25) is 0 Å². The standard InChI is InChI=1S/C17H20N2/c1-4-5-6-7-10-13(2)17-18-14(3)15-11-8-9-12-16(15)19-17/h4-5,8-12H,6-7H2,1-3H3/b5-4-,13-10+. The summed E-state index contributed by atoms with van der Waals surface area (Å²) >= 11 is 0. The lowest BCUT2D eigenvalue weighted by Crippen LogP contribution is -1.96. The molecule has 2 aromatic rings. The second kappa shape index (κ2) is 6.28. The Morgan fingerprint density at radius 3 is 2.74 bits per heavy atom. The van der Waals surface area contributed by atoms with E-state index in [4.69, 9.17) is 0 Å². The Kier molecular flexibility index (Phi) is 4.45. The second-order valence-electron chi connectivity index (χ2n) is 4.68. The van der Waals surface area contributed by atoms with Crippen molar-refractivity contribution in [2.24, 2.45) is 0 Å². The lowest BCUT2D eigenvalue weighted by molar-refractivity contribution is 1.04. The maximum atomic E-state index is 4.64. The maximum absolute atomic E-state index is 4.64. The Labute approximate surface area is 114 Å². The van der Waals surface area contributed by atoms with Gasteiger partial charge in [0.15, 0.2) is 5.82 Å². The van der Waals surface area contributed by atoms with Crippen molar-refractivity contribution in [1.82, 2.24) is 9.97 Å². The van der Waals surface area contributed by atoms with Gasteiger partial charge in [-0.15, -0.1) is 0 Å². The normalized spacial score (nSPS) is 12.5. The number of fused-ring (bicyclic) bond motifs is 1. The van der Waals surface area contributed by atoms with Gasteiger partial charge in [-0.05, 0) is 45.3 Å². The average molecular weight is 252 g/mol. The first kappa shape index (κ1) is 13.5. The van der Waals surface area contributed by atoms with Crippen molar-refractivity contribution in [3.8, 4) is 0 Å². The molecule has 0 fully saturated rings. The van der Waals surface area contributed by atoms with E-state index in [2.05, 4.69) is 41.2 Å². The van der Waals surface area contributed by atoms with Gasteiger partial charge in [0.1, 0.15) is 0 Å². The van der Waals surface area contributed by atoms with Crippen LogP contribution in [0.25, 0.3) is 16.5 Å².